The van der Waals surface area contributed by atoms with Crippen LogP contribution in [0.15, 0.2) is 59.0 Å². The van der Waals surface area contributed by atoms with Crippen LogP contribution in [0.3, 0.4) is 0 Å². The molecule has 1 saturated carbocycles. The number of nitrogens with one attached hydrogen (secondary N) is 2. The van der Waals surface area contributed by atoms with Crippen molar-refractivity contribution in [3.8, 4) is 0 Å². The number of amides is 2. The van der Waals surface area contributed by atoms with Gasteiger partial charge in [-0.2, -0.15) is 9.98 Å². The second-order valence-electron chi connectivity index (χ2n) is 8.75. The Kier molecular flexibility index (Phi) is 10.5. The Bertz CT molecular complexity index is 1190. The maximum Gasteiger partial charge on any atom is 0.255 e. The molecule has 194 valence electrons. The molecular formula is C25H30N8O2S2. The third kappa shape index (κ3) is 9.21. The quantitative estimate of drug-likeness (QED) is 0.303. The molecule has 1 aliphatic carbocycles. The third-order valence-corrected chi connectivity index (χ3v) is 7.48. The first kappa shape index (κ1) is 28.2. The van der Waals surface area contributed by atoms with Crippen molar-refractivity contribution >= 4 is 55.8 Å². The van der Waals surface area contributed by atoms with Gasteiger partial charge in [0.1, 0.15) is 0 Å². The van der Waals surface area contributed by atoms with Crippen molar-refractivity contribution in [1.29, 1.82) is 10.8 Å². The van der Waals surface area contributed by atoms with E-state index in [1.807, 2.05) is 6.07 Å². The minimum atomic E-state index is -0.469. The van der Waals surface area contributed by atoms with Crippen molar-refractivity contribution in [3.63, 3.8) is 0 Å². The molecule has 3 rings (SSSR count). The molecule has 12 heteroatoms. The van der Waals surface area contributed by atoms with E-state index in [9.17, 15) is 9.59 Å². The number of thioether (sulfide) groups is 2. The predicted molar refractivity (Wildman–Crippen MR) is 150 cm³/mol. The van der Waals surface area contributed by atoms with Crippen LogP contribution >= 0.6 is 23.5 Å². The van der Waals surface area contributed by atoms with Crippen LogP contribution in [0.25, 0.3) is 0 Å². The highest BCUT2D eigenvalue weighted by molar-refractivity contribution is 8.26. The Morgan fingerprint density at radius 3 is 2.43 bits per heavy atom. The number of carbonyl (C=O) groups excluding carboxylic acids is 2. The summed E-state index contributed by atoms with van der Waals surface area (Å²) < 4.78 is 0. The van der Waals surface area contributed by atoms with Crippen molar-refractivity contribution in [3.05, 3.63) is 60.2 Å². The highest BCUT2D eigenvalue weighted by Crippen LogP contribution is 2.37. The summed E-state index contributed by atoms with van der Waals surface area (Å²) in [5, 5.41) is 17.5. The van der Waals surface area contributed by atoms with E-state index < -0.39 is 5.92 Å². The fourth-order valence-electron chi connectivity index (χ4n) is 3.99. The lowest BCUT2D eigenvalue weighted by atomic mass is 10.0. The smallest absolute Gasteiger partial charge is 0.255 e. The molecule has 0 saturated heterocycles. The number of hydrogen-bond acceptors (Lipinski definition) is 8. The number of amidine groups is 2. The number of rotatable bonds is 7. The normalized spacial score (nSPS) is 18.8. The Balaban J connectivity index is 1.43. The van der Waals surface area contributed by atoms with E-state index in [2.05, 4.69) is 20.0 Å². The van der Waals surface area contributed by atoms with Crippen LogP contribution in [0.2, 0.25) is 0 Å². The SMILES string of the molecule is CC(C(=O)N=C(N)SC(=N)C1CC[C@H](CC(=N)SC(N)=NC(=O)Cc2cccnc2)C1)c1cccnc1. The van der Waals surface area contributed by atoms with E-state index >= 15 is 0 Å². The van der Waals surface area contributed by atoms with Crippen molar-refractivity contribution in [2.24, 2.45) is 33.3 Å². The monoisotopic (exact) mass is 538 g/mol. The summed E-state index contributed by atoms with van der Waals surface area (Å²) in [5.74, 6) is -1.01. The standard InChI is InChI=1S/C25H30N8O2S2/c1-15(19-5-3-9-31-14-19)23(35)33-25(29)37-22(27)18-7-6-16(10-18)11-20(26)36-24(28)32-21(34)12-17-4-2-8-30-13-17/h2-5,8-9,13-16,18,26-27H,6-7,10-12H2,1H3,(H2,28,32,34)(H2,29,33,35)/t15?,16-,18?/m0/s1. The predicted octanol–water partition coefficient (Wildman–Crippen LogP) is 3.73. The topological polar surface area (TPSA) is 184 Å². The molecule has 0 aromatic carbocycles. The summed E-state index contributed by atoms with van der Waals surface area (Å²) in [5.41, 5.74) is 13.3. The Morgan fingerprint density at radius 2 is 1.76 bits per heavy atom. The molecule has 2 aromatic rings. The van der Waals surface area contributed by atoms with Gasteiger partial charge < -0.3 is 11.5 Å². The van der Waals surface area contributed by atoms with Crippen LogP contribution in [-0.2, 0) is 16.0 Å². The molecule has 6 N–H and O–H groups in total. The van der Waals surface area contributed by atoms with Gasteiger partial charge in [0.05, 0.1) is 22.4 Å². The maximum absolute atomic E-state index is 12.4. The average molecular weight is 539 g/mol. The van der Waals surface area contributed by atoms with E-state index in [4.69, 9.17) is 22.3 Å². The molecule has 2 unspecified atom stereocenters. The largest absolute Gasteiger partial charge is 0.378 e. The molecule has 2 aromatic heterocycles. The van der Waals surface area contributed by atoms with Crippen molar-refractivity contribution < 1.29 is 9.59 Å². The zero-order valence-electron chi connectivity index (χ0n) is 20.5. The van der Waals surface area contributed by atoms with E-state index in [0.29, 0.717) is 16.5 Å². The summed E-state index contributed by atoms with van der Waals surface area (Å²) in [6, 6.07) is 7.11. The lowest BCUT2D eigenvalue weighted by Gasteiger charge is -2.13. The van der Waals surface area contributed by atoms with Gasteiger partial charge >= 0.3 is 0 Å². The van der Waals surface area contributed by atoms with E-state index in [1.54, 1.807) is 49.9 Å². The first-order valence-electron chi connectivity index (χ1n) is 11.8. The molecule has 0 radical (unpaired) electrons. The third-order valence-electron chi connectivity index (χ3n) is 5.92. The first-order chi connectivity index (χ1) is 17.7. The minimum absolute atomic E-state index is 0.000488. The molecule has 3 atom stereocenters. The van der Waals surface area contributed by atoms with Crippen molar-refractivity contribution in [2.45, 2.75) is 44.9 Å². The second kappa shape index (κ2) is 13.8. The van der Waals surface area contributed by atoms with Crippen LogP contribution in [0.4, 0.5) is 0 Å². The Morgan fingerprint density at radius 1 is 1.05 bits per heavy atom. The maximum atomic E-state index is 12.4. The van der Waals surface area contributed by atoms with Crippen LogP contribution < -0.4 is 11.5 Å². The van der Waals surface area contributed by atoms with Crippen molar-refractivity contribution in [2.75, 3.05) is 0 Å². The second-order valence-corrected chi connectivity index (χ2v) is 10.9. The molecule has 0 spiro atoms. The van der Waals surface area contributed by atoms with Gasteiger partial charge in [-0.05, 0) is 85.3 Å². The van der Waals surface area contributed by atoms with E-state index in [1.165, 1.54) is 0 Å². The van der Waals surface area contributed by atoms with Gasteiger partial charge in [0, 0.05) is 30.7 Å². The van der Waals surface area contributed by atoms with Crippen LogP contribution in [-0.4, -0.2) is 42.2 Å². The zero-order chi connectivity index (χ0) is 26.8. The lowest BCUT2D eigenvalue weighted by Crippen LogP contribution is -2.18. The molecular weight excluding hydrogens is 508 g/mol. The van der Waals surface area contributed by atoms with Crippen LogP contribution in [0.1, 0.15) is 49.7 Å². The minimum Gasteiger partial charge on any atom is -0.378 e. The molecule has 0 aliphatic heterocycles. The fourth-order valence-corrected chi connectivity index (χ4v) is 5.45. The molecule has 2 amide bonds. The van der Waals surface area contributed by atoms with Crippen molar-refractivity contribution in [1.82, 2.24) is 9.97 Å². The van der Waals surface area contributed by atoms with Crippen LogP contribution in [0.5, 0.6) is 0 Å². The number of aromatic nitrogens is 2. The highest BCUT2D eigenvalue weighted by atomic mass is 32.2. The number of carbonyl (C=O) groups is 2. The van der Waals surface area contributed by atoms with Gasteiger partial charge in [0.15, 0.2) is 10.3 Å². The number of pyridine rings is 2. The van der Waals surface area contributed by atoms with Gasteiger partial charge in [-0.1, -0.05) is 12.1 Å². The van der Waals surface area contributed by atoms with E-state index in [0.717, 1.165) is 53.9 Å². The summed E-state index contributed by atoms with van der Waals surface area (Å²) >= 11 is 2.00. The lowest BCUT2D eigenvalue weighted by molar-refractivity contribution is -0.119. The molecule has 0 bridgehead atoms. The van der Waals surface area contributed by atoms with Crippen LogP contribution in [0, 0.1) is 22.7 Å². The molecule has 2 heterocycles. The number of nitrogens with two attached hydrogens (primary N) is 2. The van der Waals surface area contributed by atoms with Gasteiger partial charge in [0.2, 0.25) is 0 Å². The summed E-state index contributed by atoms with van der Waals surface area (Å²) in [6.07, 6.45) is 9.49. The molecule has 10 nitrogen and oxygen atoms in total. The summed E-state index contributed by atoms with van der Waals surface area (Å²) in [4.78, 5) is 40.3. The van der Waals surface area contributed by atoms with Gasteiger partial charge in [0.25, 0.3) is 11.8 Å². The number of aliphatic imine (C=N–C) groups is 2. The first-order valence-corrected chi connectivity index (χ1v) is 13.4. The van der Waals surface area contributed by atoms with Gasteiger partial charge in [-0.3, -0.25) is 30.4 Å². The zero-order valence-corrected chi connectivity index (χ0v) is 22.1. The number of nitrogens with zero attached hydrogens (tertiary/aromatic N) is 4. The Hall–Kier alpha value is -3.38. The van der Waals surface area contributed by atoms with Gasteiger partial charge in [-0.15, -0.1) is 0 Å². The molecule has 1 fully saturated rings. The summed E-state index contributed by atoms with van der Waals surface area (Å²) in [6.45, 7) is 1.74. The Labute approximate surface area is 224 Å². The number of hydrogen-bond donors (Lipinski definition) is 4. The van der Waals surface area contributed by atoms with Gasteiger partial charge in [-0.25, -0.2) is 0 Å². The molecule has 1 aliphatic rings. The highest BCUT2D eigenvalue weighted by Gasteiger charge is 2.29. The summed E-state index contributed by atoms with van der Waals surface area (Å²) in [7, 11) is 0. The van der Waals surface area contributed by atoms with E-state index in [-0.39, 0.29) is 40.4 Å². The fraction of sp³-hybridized carbons (Fsp3) is 0.360. The average Bonchev–Trinajstić information content (AvgIpc) is 3.32. The molecule has 37 heavy (non-hydrogen) atoms.